The van der Waals surface area contributed by atoms with E-state index in [4.69, 9.17) is 23.8 Å². The summed E-state index contributed by atoms with van der Waals surface area (Å²) >= 11 is 0. The molecule has 8 heteroatoms. The predicted molar refractivity (Wildman–Crippen MR) is 127 cm³/mol. The van der Waals surface area contributed by atoms with E-state index in [1.54, 1.807) is 18.2 Å². The second kappa shape index (κ2) is 11.7. The molecular weight excluding hydrogens is 453 g/mol. The highest BCUT2D eigenvalue weighted by Gasteiger charge is 2.25. The van der Waals surface area contributed by atoms with Gasteiger partial charge in [-0.15, -0.1) is 0 Å². The number of fused-ring (bicyclic) bond motifs is 1. The number of unbranched alkanes of at least 4 members (excludes halogenated alkanes) is 1. The maximum atomic E-state index is 14.2. The zero-order chi connectivity index (χ0) is 24.6. The Kier molecular flexibility index (Phi) is 8.18. The molecule has 3 aromatic carbocycles. The lowest BCUT2D eigenvalue weighted by atomic mass is 10.1. The molecule has 0 saturated heterocycles. The summed E-state index contributed by atoms with van der Waals surface area (Å²) in [7, 11) is 1.51. The fourth-order valence-corrected chi connectivity index (χ4v) is 3.65. The molecule has 1 aliphatic rings. The van der Waals surface area contributed by atoms with E-state index in [2.05, 4.69) is 12.4 Å². The number of amides is 1. The van der Waals surface area contributed by atoms with Crippen LogP contribution in [0.25, 0.3) is 0 Å². The number of rotatable bonds is 10. The summed E-state index contributed by atoms with van der Waals surface area (Å²) in [6.07, 6.45) is 1.32. The molecule has 0 bridgehead atoms. The van der Waals surface area contributed by atoms with E-state index in [1.807, 2.05) is 30.3 Å². The smallest absolute Gasteiger partial charge is 0.274 e. The van der Waals surface area contributed by atoms with Crippen molar-refractivity contribution in [2.24, 2.45) is 0 Å². The van der Waals surface area contributed by atoms with Crippen LogP contribution in [-0.2, 0) is 22.8 Å². The van der Waals surface area contributed by atoms with Gasteiger partial charge in [0.05, 0.1) is 20.3 Å². The quantitative estimate of drug-likeness (QED) is 0.305. The lowest BCUT2D eigenvalue weighted by Crippen LogP contribution is -2.24. The van der Waals surface area contributed by atoms with E-state index in [0.717, 1.165) is 18.4 Å². The van der Waals surface area contributed by atoms with E-state index in [-0.39, 0.29) is 13.2 Å². The van der Waals surface area contributed by atoms with Gasteiger partial charge in [0, 0.05) is 22.3 Å². The molecule has 7 nitrogen and oxygen atoms in total. The van der Waals surface area contributed by atoms with Crippen LogP contribution in [0.5, 0.6) is 17.2 Å². The van der Waals surface area contributed by atoms with Crippen LogP contribution in [0, 0.1) is 5.82 Å². The minimum Gasteiger partial charge on any atom is -0.493 e. The zero-order valence-electron chi connectivity index (χ0n) is 19.7. The van der Waals surface area contributed by atoms with Crippen LogP contribution in [0.4, 0.5) is 4.39 Å². The normalized spacial score (nSPS) is 14.5. The van der Waals surface area contributed by atoms with Gasteiger partial charge in [-0.05, 0) is 36.8 Å². The van der Waals surface area contributed by atoms with E-state index >= 15 is 0 Å². The number of halogens is 1. The van der Waals surface area contributed by atoms with Crippen LogP contribution in [0.2, 0.25) is 0 Å². The Balaban J connectivity index is 1.41. The SMILES string of the molecule is CCCCOc1ccc(C(=O)NOCc2cc(F)cc3c2OC(c2ccccc2)OC3)cc1OC. The molecule has 0 spiro atoms. The first-order chi connectivity index (χ1) is 17.1. The van der Waals surface area contributed by atoms with Gasteiger partial charge in [0.25, 0.3) is 5.91 Å². The first-order valence-corrected chi connectivity index (χ1v) is 11.5. The lowest BCUT2D eigenvalue weighted by molar-refractivity contribution is -0.113. The summed E-state index contributed by atoms with van der Waals surface area (Å²) in [6.45, 7) is 2.74. The van der Waals surface area contributed by atoms with Gasteiger partial charge in [0.15, 0.2) is 11.5 Å². The highest BCUT2D eigenvalue weighted by atomic mass is 19.1. The molecule has 0 radical (unpaired) electrons. The molecule has 0 aromatic heterocycles. The third kappa shape index (κ3) is 6.09. The second-order valence-corrected chi connectivity index (χ2v) is 8.01. The van der Waals surface area contributed by atoms with Gasteiger partial charge in [0.1, 0.15) is 18.2 Å². The molecule has 1 N–H and O–H groups in total. The Labute approximate surface area is 203 Å². The molecule has 0 aliphatic carbocycles. The number of hydrogen-bond acceptors (Lipinski definition) is 6. The second-order valence-electron chi connectivity index (χ2n) is 8.01. The number of hydroxylamine groups is 1. The van der Waals surface area contributed by atoms with Crippen LogP contribution in [0.3, 0.4) is 0 Å². The molecule has 35 heavy (non-hydrogen) atoms. The number of nitrogens with one attached hydrogen (secondary N) is 1. The first-order valence-electron chi connectivity index (χ1n) is 11.5. The molecule has 184 valence electrons. The highest BCUT2D eigenvalue weighted by Crippen LogP contribution is 2.36. The standard InChI is InChI=1S/C27H28FNO6/c1-3-4-12-32-23-11-10-19(15-24(23)31-2)26(30)29-34-17-21-14-22(28)13-20-16-33-27(35-25(20)21)18-8-6-5-7-9-18/h5-11,13-15,27H,3-4,12,16-17H2,1-2H3,(H,29,30). The summed E-state index contributed by atoms with van der Waals surface area (Å²) in [5, 5.41) is 0. The summed E-state index contributed by atoms with van der Waals surface area (Å²) in [6, 6.07) is 17.0. The third-order valence-electron chi connectivity index (χ3n) is 5.47. The van der Waals surface area contributed by atoms with Crippen molar-refractivity contribution in [1.29, 1.82) is 0 Å². The topological polar surface area (TPSA) is 75.3 Å². The molecule has 3 aromatic rings. The minimum atomic E-state index is -0.618. The van der Waals surface area contributed by atoms with Crippen molar-refractivity contribution in [3.63, 3.8) is 0 Å². The number of carbonyl (C=O) groups excluding carboxylic acids is 1. The molecular formula is C27H28FNO6. The maximum absolute atomic E-state index is 14.2. The molecule has 1 amide bonds. The van der Waals surface area contributed by atoms with E-state index in [0.29, 0.717) is 40.5 Å². The molecule has 1 heterocycles. The third-order valence-corrected chi connectivity index (χ3v) is 5.47. The number of benzene rings is 3. The summed E-state index contributed by atoms with van der Waals surface area (Å²) in [5.41, 5.74) is 4.61. The number of methoxy groups -OCH3 is 1. The van der Waals surface area contributed by atoms with Gasteiger partial charge in [-0.1, -0.05) is 43.7 Å². The Morgan fingerprint density at radius 1 is 1.11 bits per heavy atom. The van der Waals surface area contributed by atoms with Crippen LogP contribution >= 0.6 is 0 Å². The summed E-state index contributed by atoms with van der Waals surface area (Å²) in [4.78, 5) is 18.0. The Bertz CT molecular complexity index is 1150. The molecule has 0 saturated carbocycles. The van der Waals surface area contributed by atoms with Gasteiger partial charge in [-0.25, -0.2) is 9.87 Å². The molecule has 1 unspecified atom stereocenters. The van der Waals surface area contributed by atoms with Crippen molar-refractivity contribution in [2.75, 3.05) is 13.7 Å². The molecule has 1 aliphatic heterocycles. The largest absolute Gasteiger partial charge is 0.493 e. The van der Waals surface area contributed by atoms with Gasteiger partial charge in [-0.2, -0.15) is 0 Å². The van der Waals surface area contributed by atoms with E-state index < -0.39 is 18.0 Å². The number of carbonyl (C=O) groups is 1. The molecule has 1 atom stereocenters. The maximum Gasteiger partial charge on any atom is 0.274 e. The highest BCUT2D eigenvalue weighted by molar-refractivity contribution is 5.94. The van der Waals surface area contributed by atoms with Gasteiger partial charge >= 0.3 is 0 Å². The first kappa shape index (κ1) is 24.5. The Hall–Kier alpha value is -3.62. The van der Waals surface area contributed by atoms with Gasteiger partial charge in [0.2, 0.25) is 6.29 Å². The average Bonchev–Trinajstić information content (AvgIpc) is 2.89. The summed E-state index contributed by atoms with van der Waals surface area (Å²) in [5.74, 6) is 0.587. The van der Waals surface area contributed by atoms with Crippen LogP contribution in [0.1, 0.15) is 53.1 Å². The fourth-order valence-electron chi connectivity index (χ4n) is 3.65. The lowest BCUT2D eigenvalue weighted by Gasteiger charge is -2.28. The van der Waals surface area contributed by atoms with Crippen molar-refractivity contribution >= 4 is 5.91 Å². The van der Waals surface area contributed by atoms with Gasteiger partial charge < -0.3 is 18.9 Å². The van der Waals surface area contributed by atoms with Crippen molar-refractivity contribution in [3.05, 3.63) is 88.7 Å². The Morgan fingerprint density at radius 2 is 1.94 bits per heavy atom. The van der Waals surface area contributed by atoms with Gasteiger partial charge in [-0.3, -0.25) is 9.63 Å². The van der Waals surface area contributed by atoms with Crippen molar-refractivity contribution in [1.82, 2.24) is 5.48 Å². The predicted octanol–water partition coefficient (Wildman–Crippen LogP) is 5.48. The summed E-state index contributed by atoms with van der Waals surface area (Å²) < 4.78 is 37.0. The van der Waals surface area contributed by atoms with Crippen LogP contribution < -0.4 is 19.7 Å². The van der Waals surface area contributed by atoms with Crippen molar-refractivity contribution in [2.45, 2.75) is 39.3 Å². The molecule has 0 fully saturated rings. The van der Waals surface area contributed by atoms with Crippen LogP contribution in [-0.4, -0.2) is 19.6 Å². The fraction of sp³-hybridized carbons (Fsp3) is 0.296. The van der Waals surface area contributed by atoms with Crippen molar-refractivity contribution < 1.29 is 33.0 Å². The monoisotopic (exact) mass is 481 g/mol. The van der Waals surface area contributed by atoms with Crippen molar-refractivity contribution in [3.8, 4) is 17.2 Å². The van der Waals surface area contributed by atoms with E-state index in [9.17, 15) is 9.18 Å². The number of hydrogen-bond donors (Lipinski definition) is 1. The Morgan fingerprint density at radius 3 is 2.71 bits per heavy atom. The van der Waals surface area contributed by atoms with Crippen LogP contribution in [0.15, 0.2) is 60.7 Å². The number of ether oxygens (including phenoxy) is 4. The molecule has 4 rings (SSSR count). The minimum absolute atomic E-state index is 0.0946. The average molecular weight is 482 g/mol. The zero-order valence-corrected chi connectivity index (χ0v) is 19.7. The van der Waals surface area contributed by atoms with E-state index in [1.165, 1.54) is 19.2 Å².